The van der Waals surface area contributed by atoms with Crippen LogP contribution in [0, 0.1) is 11.3 Å². The molecular weight excluding hydrogens is 378 g/mol. The highest BCUT2D eigenvalue weighted by Crippen LogP contribution is 2.34. The van der Waals surface area contributed by atoms with E-state index in [1.807, 2.05) is 44.2 Å². The van der Waals surface area contributed by atoms with E-state index in [2.05, 4.69) is 16.4 Å². The normalized spacial score (nSPS) is 10.8. The summed E-state index contributed by atoms with van der Waals surface area (Å²) in [6, 6.07) is 18.4. The summed E-state index contributed by atoms with van der Waals surface area (Å²) >= 11 is 0. The predicted octanol–water partition coefficient (Wildman–Crippen LogP) is 4.82. The maximum absolute atomic E-state index is 12.8. The van der Waals surface area contributed by atoms with Crippen LogP contribution in [-0.4, -0.2) is 25.1 Å². The van der Waals surface area contributed by atoms with Gasteiger partial charge in [-0.05, 0) is 61.9 Å². The molecule has 0 saturated heterocycles. The average Bonchev–Trinajstić information content (AvgIpc) is 2.78. The molecule has 0 saturated carbocycles. The largest absolute Gasteiger partial charge is 0.493 e. The maximum Gasteiger partial charge on any atom is 0.255 e. The Labute approximate surface area is 176 Å². The minimum Gasteiger partial charge on any atom is -0.493 e. The minimum absolute atomic E-state index is 0.282. The van der Waals surface area contributed by atoms with Crippen LogP contribution < -0.4 is 14.8 Å². The predicted molar refractivity (Wildman–Crippen MR) is 116 cm³/mol. The van der Waals surface area contributed by atoms with E-state index in [0.29, 0.717) is 22.7 Å². The van der Waals surface area contributed by atoms with Gasteiger partial charge < -0.3 is 14.8 Å². The lowest BCUT2D eigenvalue weighted by molar-refractivity contribution is 0.102. The second kappa shape index (κ2) is 8.66. The molecule has 3 rings (SSSR count). The van der Waals surface area contributed by atoms with Crippen LogP contribution >= 0.6 is 0 Å². The topological polar surface area (TPSA) is 84.2 Å². The number of anilines is 1. The second-order valence-corrected chi connectivity index (χ2v) is 7.24. The molecule has 1 aromatic heterocycles. The molecule has 3 aromatic rings. The molecule has 0 bridgehead atoms. The lowest BCUT2D eigenvalue weighted by atomic mass is 9.82. The summed E-state index contributed by atoms with van der Waals surface area (Å²) in [6.07, 6.45) is 1.70. The first-order chi connectivity index (χ1) is 14.4. The van der Waals surface area contributed by atoms with Crippen molar-refractivity contribution in [2.75, 3.05) is 19.5 Å². The summed E-state index contributed by atoms with van der Waals surface area (Å²) in [5.74, 6) is 0.746. The monoisotopic (exact) mass is 401 g/mol. The number of ether oxygens (including phenoxy) is 2. The quantitative estimate of drug-likeness (QED) is 0.640. The van der Waals surface area contributed by atoms with Crippen molar-refractivity contribution in [3.05, 3.63) is 71.9 Å². The third-order valence-electron chi connectivity index (χ3n) is 4.82. The molecule has 0 fully saturated rings. The third kappa shape index (κ3) is 4.26. The molecule has 30 heavy (non-hydrogen) atoms. The Hall–Kier alpha value is -3.85. The fourth-order valence-electron chi connectivity index (χ4n) is 3.14. The van der Waals surface area contributed by atoms with Crippen LogP contribution in [0.15, 0.2) is 60.8 Å². The van der Waals surface area contributed by atoms with Gasteiger partial charge in [-0.1, -0.05) is 12.1 Å². The van der Waals surface area contributed by atoms with Crippen LogP contribution in [0.5, 0.6) is 11.5 Å². The molecular formula is C24H23N3O3. The van der Waals surface area contributed by atoms with Gasteiger partial charge in [0.2, 0.25) is 0 Å². The number of benzene rings is 2. The van der Waals surface area contributed by atoms with Crippen LogP contribution in [-0.2, 0) is 5.41 Å². The fraction of sp³-hybridized carbons (Fsp3) is 0.208. The van der Waals surface area contributed by atoms with Crippen LogP contribution in [0.4, 0.5) is 5.69 Å². The maximum atomic E-state index is 12.8. The first-order valence-corrected chi connectivity index (χ1v) is 9.40. The summed E-state index contributed by atoms with van der Waals surface area (Å²) < 4.78 is 10.5. The SMILES string of the molecule is COc1ccc(C(=O)Nc2ccc(C(C)(C)C#N)c(-c3ccccn3)c2)cc1OC. The van der Waals surface area contributed by atoms with E-state index in [-0.39, 0.29) is 5.91 Å². The Balaban J connectivity index is 1.98. The van der Waals surface area contributed by atoms with Crippen LogP contribution in [0.3, 0.4) is 0 Å². The number of hydrogen-bond donors (Lipinski definition) is 1. The summed E-state index contributed by atoms with van der Waals surface area (Å²) in [5.41, 5.74) is 2.71. The number of rotatable bonds is 6. The van der Waals surface area contributed by atoms with E-state index in [1.54, 1.807) is 37.6 Å². The number of pyridine rings is 1. The van der Waals surface area contributed by atoms with Gasteiger partial charge in [-0.15, -0.1) is 0 Å². The summed E-state index contributed by atoms with van der Waals surface area (Å²) in [7, 11) is 3.06. The second-order valence-electron chi connectivity index (χ2n) is 7.24. The summed E-state index contributed by atoms with van der Waals surface area (Å²) in [5, 5.41) is 12.5. The Morgan fingerprint density at radius 1 is 1.03 bits per heavy atom. The van der Waals surface area contributed by atoms with E-state index < -0.39 is 5.41 Å². The number of carbonyl (C=O) groups is 1. The number of carbonyl (C=O) groups excluding carboxylic acids is 1. The first kappa shape index (κ1) is 20.9. The number of aromatic nitrogens is 1. The zero-order valence-corrected chi connectivity index (χ0v) is 17.4. The summed E-state index contributed by atoms with van der Waals surface area (Å²) in [4.78, 5) is 17.2. The molecule has 1 N–H and O–H groups in total. The smallest absolute Gasteiger partial charge is 0.255 e. The molecule has 0 aliphatic heterocycles. The molecule has 0 unspecified atom stereocenters. The Morgan fingerprint density at radius 3 is 2.43 bits per heavy atom. The number of nitrogens with one attached hydrogen (secondary N) is 1. The Bertz CT molecular complexity index is 1100. The van der Waals surface area contributed by atoms with E-state index in [4.69, 9.17) is 9.47 Å². The first-order valence-electron chi connectivity index (χ1n) is 9.40. The number of hydrogen-bond acceptors (Lipinski definition) is 5. The van der Waals surface area contributed by atoms with Gasteiger partial charge in [-0.3, -0.25) is 9.78 Å². The van der Waals surface area contributed by atoms with Crippen molar-refractivity contribution >= 4 is 11.6 Å². The zero-order valence-electron chi connectivity index (χ0n) is 17.4. The number of methoxy groups -OCH3 is 2. The highest BCUT2D eigenvalue weighted by molar-refractivity contribution is 6.05. The number of nitriles is 1. The minimum atomic E-state index is -0.710. The van der Waals surface area contributed by atoms with Crippen LogP contribution in [0.25, 0.3) is 11.3 Å². The van der Waals surface area contributed by atoms with Gasteiger partial charge >= 0.3 is 0 Å². The van der Waals surface area contributed by atoms with Gasteiger partial charge in [0.05, 0.1) is 31.4 Å². The van der Waals surface area contributed by atoms with Crippen molar-refractivity contribution in [3.63, 3.8) is 0 Å². The van der Waals surface area contributed by atoms with Gasteiger partial charge in [0, 0.05) is 23.0 Å². The van der Waals surface area contributed by atoms with Gasteiger partial charge in [-0.2, -0.15) is 5.26 Å². The van der Waals surface area contributed by atoms with Crippen LogP contribution in [0.2, 0.25) is 0 Å². The molecule has 0 atom stereocenters. The van der Waals surface area contributed by atoms with E-state index in [9.17, 15) is 10.1 Å². The molecule has 6 nitrogen and oxygen atoms in total. The van der Waals surface area contributed by atoms with Crippen LogP contribution in [0.1, 0.15) is 29.8 Å². The molecule has 0 radical (unpaired) electrons. The molecule has 1 heterocycles. The molecule has 1 amide bonds. The van der Waals surface area contributed by atoms with Crippen molar-refractivity contribution in [3.8, 4) is 28.8 Å². The number of nitrogens with zero attached hydrogens (tertiary/aromatic N) is 2. The van der Waals surface area contributed by atoms with Gasteiger partial charge in [0.15, 0.2) is 11.5 Å². The lowest BCUT2D eigenvalue weighted by Crippen LogP contribution is -2.17. The molecule has 152 valence electrons. The van der Waals surface area contributed by atoms with E-state index in [0.717, 1.165) is 16.8 Å². The molecule has 2 aromatic carbocycles. The third-order valence-corrected chi connectivity index (χ3v) is 4.82. The molecule has 0 aliphatic rings. The van der Waals surface area contributed by atoms with Gasteiger partial charge in [-0.25, -0.2) is 0 Å². The molecule has 6 heteroatoms. The molecule has 0 spiro atoms. The van der Waals surface area contributed by atoms with Gasteiger partial charge in [0.25, 0.3) is 5.91 Å². The highest BCUT2D eigenvalue weighted by Gasteiger charge is 2.25. The average molecular weight is 401 g/mol. The standard InChI is InChI=1S/C24H23N3O3/c1-24(2,15-25)19-10-9-17(14-18(19)20-7-5-6-12-26-20)27-23(28)16-8-11-21(29-3)22(13-16)30-4/h5-14H,1-4H3,(H,27,28). The highest BCUT2D eigenvalue weighted by atomic mass is 16.5. The molecule has 0 aliphatic carbocycles. The summed E-state index contributed by atoms with van der Waals surface area (Å²) in [6.45, 7) is 3.72. The van der Waals surface area contributed by atoms with E-state index in [1.165, 1.54) is 7.11 Å². The fourth-order valence-corrected chi connectivity index (χ4v) is 3.14. The lowest BCUT2D eigenvalue weighted by Gasteiger charge is -2.21. The van der Waals surface area contributed by atoms with Crippen molar-refractivity contribution in [2.45, 2.75) is 19.3 Å². The zero-order chi connectivity index (χ0) is 21.7. The Morgan fingerprint density at radius 2 is 1.80 bits per heavy atom. The number of amides is 1. The van der Waals surface area contributed by atoms with Crippen molar-refractivity contribution in [2.24, 2.45) is 0 Å². The Kier molecular flexibility index (Phi) is 6.03. The van der Waals surface area contributed by atoms with Crippen molar-refractivity contribution < 1.29 is 14.3 Å². The van der Waals surface area contributed by atoms with Gasteiger partial charge in [0.1, 0.15) is 0 Å². The van der Waals surface area contributed by atoms with Crippen molar-refractivity contribution in [1.82, 2.24) is 4.98 Å². The van der Waals surface area contributed by atoms with E-state index >= 15 is 0 Å². The van der Waals surface area contributed by atoms with Crippen molar-refractivity contribution in [1.29, 1.82) is 5.26 Å².